The maximum atomic E-state index is 12.4. The Labute approximate surface area is 170 Å². The van der Waals surface area contributed by atoms with Crippen LogP contribution < -0.4 is 10.1 Å². The van der Waals surface area contributed by atoms with Crippen LogP contribution in [-0.2, 0) is 10.0 Å². The Morgan fingerprint density at radius 1 is 0.862 bits per heavy atom. The minimum atomic E-state index is -3.72. The molecule has 3 aromatic rings. The van der Waals surface area contributed by atoms with Crippen molar-refractivity contribution in [2.75, 3.05) is 5.32 Å². The molecule has 29 heavy (non-hydrogen) atoms. The first kappa shape index (κ1) is 20.3. The van der Waals surface area contributed by atoms with E-state index in [1.54, 1.807) is 55.5 Å². The normalized spacial score (nSPS) is 11.7. The first-order valence-corrected chi connectivity index (χ1v) is 10.4. The molecule has 3 aromatic carbocycles. The third kappa shape index (κ3) is 5.08. The zero-order chi connectivity index (χ0) is 20.9. The topological polar surface area (TPSA) is 87.6 Å². The fraction of sp³-hybridized carbons (Fsp3) is 0.0909. The SMILES string of the molecule is C/C(=N/NS(=O)(=O)c1ccccc1)c1ccc(NC(=O)c2ccccc2C)cc1. The summed E-state index contributed by atoms with van der Waals surface area (Å²) in [5, 5.41) is 6.84. The highest BCUT2D eigenvalue weighted by molar-refractivity contribution is 7.89. The summed E-state index contributed by atoms with van der Waals surface area (Å²) in [6, 6.07) is 22.4. The lowest BCUT2D eigenvalue weighted by Crippen LogP contribution is -2.19. The fourth-order valence-electron chi connectivity index (χ4n) is 2.67. The molecule has 1 amide bonds. The monoisotopic (exact) mass is 407 g/mol. The Morgan fingerprint density at radius 2 is 1.48 bits per heavy atom. The van der Waals surface area contributed by atoms with Crippen LogP contribution in [0.2, 0.25) is 0 Å². The van der Waals surface area contributed by atoms with Gasteiger partial charge < -0.3 is 5.32 Å². The van der Waals surface area contributed by atoms with Crippen molar-refractivity contribution in [3.63, 3.8) is 0 Å². The van der Waals surface area contributed by atoms with Crippen LogP contribution in [0.5, 0.6) is 0 Å². The molecule has 7 heteroatoms. The zero-order valence-electron chi connectivity index (χ0n) is 16.1. The van der Waals surface area contributed by atoms with Gasteiger partial charge in [0.1, 0.15) is 0 Å². The third-order valence-electron chi connectivity index (χ3n) is 4.34. The number of hydrogen-bond donors (Lipinski definition) is 2. The van der Waals surface area contributed by atoms with Crippen LogP contribution in [0.4, 0.5) is 5.69 Å². The van der Waals surface area contributed by atoms with Crippen LogP contribution >= 0.6 is 0 Å². The lowest BCUT2D eigenvalue weighted by molar-refractivity contribution is 0.102. The second kappa shape index (κ2) is 8.70. The predicted molar refractivity (Wildman–Crippen MR) is 115 cm³/mol. The smallest absolute Gasteiger partial charge is 0.276 e. The van der Waals surface area contributed by atoms with Crippen LogP contribution in [0, 0.1) is 6.92 Å². The summed E-state index contributed by atoms with van der Waals surface area (Å²) >= 11 is 0. The van der Waals surface area contributed by atoms with Gasteiger partial charge in [0.2, 0.25) is 0 Å². The van der Waals surface area contributed by atoms with E-state index in [1.807, 2.05) is 25.1 Å². The van der Waals surface area contributed by atoms with Gasteiger partial charge in [-0.1, -0.05) is 48.5 Å². The number of nitrogens with zero attached hydrogens (tertiary/aromatic N) is 1. The average Bonchev–Trinajstić information content (AvgIpc) is 2.73. The molecule has 3 rings (SSSR count). The Bertz CT molecular complexity index is 1140. The van der Waals surface area contributed by atoms with E-state index in [4.69, 9.17) is 0 Å². The lowest BCUT2D eigenvalue weighted by atomic mass is 10.1. The van der Waals surface area contributed by atoms with E-state index in [0.29, 0.717) is 17.0 Å². The van der Waals surface area contributed by atoms with Gasteiger partial charge in [0, 0.05) is 11.3 Å². The van der Waals surface area contributed by atoms with Crippen LogP contribution in [0.1, 0.15) is 28.4 Å². The highest BCUT2D eigenvalue weighted by Gasteiger charge is 2.12. The summed E-state index contributed by atoms with van der Waals surface area (Å²) in [6.07, 6.45) is 0. The third-order valence-corrected chi connectivity index (χ3v) is 5.56. The molecular formula is C22H21N3O3S. The van der Waals surface area contributed by atoms with Gasteiger partial charge in [-0.05, 0) is 55.3 Å². The van der Waals surface area contributed by atoms with Crippen LogP contribution in [0.15, 0.2) is 88.9 Å². The summed E-state index contributed by atoms with van der Waals surface area (Å²) in [5.74, 6) is -0.183. The largest absolute Gasteiger partial charge is 0.322 e. The number of hydrogen-bond acceptors (Lipinski definition) is 4. The fourth-order valence-corrected chi connectivity index (χ4v) is 3.54. The number of nitrogens with one attached hydrogen (secondary N) is 2. The molecule has 0 atom stereocenters. The van der Waals surface area contributed by atoms with Crippen molar-refractivity contribution in [1.29, 1.82) is 0 Å². The molecule has 0 saturated heterocycles. The van der Waals surface area contributed by atoms with Crippen molar-refractivity contribution in [1.82, 2.24) is 4.83 Å². The van der Waals surface area contributed by atoms with Crippen molar-refractivity contribution in [2.45, 2.75) is 18.7 Å². The Morgan fingerprint density at radius 3 is 2.14 bits per heavy atom. The molecule has 0 radical (unpaired) electrons. The number of sulfonamides is 1. The Hall–Kier alpha value is -3.45. The van der Waals surface area contributed by atoms with E-state index < -0.39 is 10.0 Å². The number of carbonyl (C=O) groups is 1. The van der Waals surface area contributed by atoms with E-state index in [9.17, 15) is 13.2 Å². The van der Waals surface area contributed by atoms with Crippen LogP contribution in [0.25, 0.3) is 0 Å². The van der Waals surface area contributed by atoms with Gasteiger partial charge in [0.05, 0.1) is 10.6 Å². The molecule has 0 bridgehead atoms. The van der Waals surface area contributed by atoms with E-state index in [-0.39, 0.29) is 10.8 Å². The molecular weight excluding hydrogens is 386 g/mol. The highest BCUT2D eigenvalue weighted by Crippen LogP contribution is 2.14. The van der Waals surface area contributed by atoms with Crippen molar-refractivity contribution >= 4 is 27.3 Å². The maximum Gasteiger partial charge on any atom is 0.276 e. The summed E-state index contributed by atoms with van der Waals surface area (Å²) in [6.45, 7) is 3.59. The molecule has 2 N–H and O–H groups in total. The molecule has 0 aliphatic rings. The minimum absolute atomic E-state index is 0.144. The Balaban J connectivity index is 1.69. The molecule has 0 aliphatic heterocycles. The number of anilines is 1. The van der Waals surface area contributed by atoms with E-state index in [0.717, 1.165) is 11.1 Å². The molecule has 0 spiro atoms. The van der Waals surface area contributed by atoms with Gasteiger partial charge >= 0.3 is 0 Å². The molecule has 0 aliphatic carbocycles. The highest BCUT2D eigenvalue weighted by atomic mass is 32.2. The first-order valence-electron chi connectivity index (χ1n) is 8.95. The summed E-state index contributed by atoms with van der Waals surface area (Å²) in [4.78, 5) is 14.8. The number of carbonyl (C=O) groups excluding carboxylic acids is 1. The van der Waals surface area contributed by atoms with Crippen molar-refractivity contribution in [3.05, 3.63) is 95.6 Å². The van der Waals surface area contributed by atoms with Crippen molar-refractivity contribution in [2.24, 2.45) is 5.10 Å². The Kier molecular flexibility index (Phi) is 6.09. The number of aryl methyl sites for hydroxylation is 1. The van der Waals surface area contributed by atoms with Gasteiger partial charge in [-0.15, -0.1) is 0 Å². The van der Waals surface area contributed by atoms with Gasteiger partial charge in [0.25, 0.3) is 15.9 Å². The molecule has 0 saturated carbocycles. The van der Waals surface area contributed by atoms with Crippen LogP contribution in [0.3, 0.4) is 0 Å². The summed E-state index contributed by atoms with van der Waals surface area (Å²) < 4.78 is 24.5. The lowest BCUT2D eigenvalue weighted by Gasteiger charge is -2.09. The minimum Gasteiger partial charge on any atom is -0.322 e. The summed E-state index contributed by atoms with van der Waals surface area (Å²) in [5.41, 5.74) is 3.38. The van der Waals surface area contributed by atoms with Gasteiger partial charge in [-0.2, -0.15) is 18.4 Å². The van der Waals surface area contributed by atoms with Gasteiger partial charge in [-0.3, -0.25) is 4.79 Å². The summed E-state index contributed by atoms with van der Waals surface area (Å²) in [7, 11) is -3.72. The number of benzene rings is 3. The number of hydrazone groups is 1. The molecule has 0 unspecified atom stereocenters. The standard InChI is InChI=1S/C22H21N3O3S/c1-16-8-6-7-11-21(16)22(26)23-19-14-12-18(13-15-19)17(2)24-25-29(27,28)20-9-4-3-5-10-20/h3-15,25H,1-2H3,(H,23,26)/b24-17-. The predicted octanol–water partition coefficient (Wildman–Crippen LogP) is 3.95. The van der Waals surface area contributed by atoms with Gasteiger partial charge in [-0.25, -0.2) is 0 Å². The second-order valence-electron chi connectivity index (χ2n) is 6.45. The average molecular weight is 407 g/mol. The molecule has 0 aromatic heterocycles. The number of rotatable bonds is 6. The quantitative estimate of drug-likeness (QED) is 0.479. The molecule has 0 heterocycles. The van der Waals surface area contributed by atoms with Crippen molar-refractivity contribution < 1.29 is 13.2 Å². The second-order valence-corrected chi connectivity index (χ2v) is 8.11. The van der Waals surface area contributed by atoms with E-state index in [1.165, 1.54) is 12.1 Å². The molecule has 6 nitrogen and oxygen atoms in total. The molecule has 148 valence electrons. The maximum absolute atomic E-state index is 12.4. The van der Waals surface area contributed by atoms with E-state index in [2.05, 4.69) is 15.2 Å². The zero-order valence-corrected chi connectivity index (χ0v) is 16.9. The van der Waals surface area contributed by atoms with Gasteiger partial charge in [0.15, 0.2) is 0 Å². The molecule has 0 fully saturated rings. The van der Waals surface area contributed by atoms with Crippen LogP contribution in [-0.4, -0.2) is 20.0 Å². The van der Waals surface area contributed by atoms with E-state index >= 15 is 0 Å². The number of amides is 1. The van der Waals surface area contributed by atoms with Crippen molar-refractivity contribution in [3.8, 4) is 0 Å². The first-order chi connectivity index (χ1) is 13.9.